The number of halogens is 1. The van der Waals surface area contributed by atoms with Gasteiger partial charge in [-0.3, -0.25) is 0 Å². The second-order valence-electron chi connectivity index (χ2n) is 6.62. The van der Waals surface area contributed by atoms with Crippen LogP contribution in [0.3, 0.4) is 0 Å². The van der Waals surface area contributed by atoms with Gasteiger partial charge in [-0.25, -0.2) is 4.79 Å². The molecule has 0 saturated heterocycles. The van der Waals surface area contributed by atoms with E-state index in [0.29, 0.717) is 10.8 Å². The fourth-order valence-electron chi connectivity index (χ4n) is 2.93. The minimum Gasteiger partial charge on any atom is -0.478 e. The van der Waals surface area contributed by atoms with Crippen LogP contribution in [0.2, 0.25) is 5.02 Å². The zero-order valence-electron chi connectivity index (χ0n) is 14.6. The Morgan fingerprint density at radius 2 is 1.80 bits per heavy atom. The molecule has 0 aliphatic heterocycles. The van der Waals surface area contributed by atoms with E-state index in [1.165, 1.54) is 13.8 Å². The third kappa shape index (κ3) is 3.10. The van der Waals surface area contributed by atoms with Gasteiger partial charge in [0, 0.05) is 34.2 Å². The van der Waals surface area contributed by atoms with E-state index in [0.717, 1.165) is 27.7 Å². The Bertz CT molecular complexity index is 955. The quantitative estimate of drug-likeness (QED) is 0.710. The van der Waals surface area contributed by atoms with Crippen molar-refractivity contribution in [2.24, 2.45) is 7.05 Å². The molecule has 3 rings (SSSR count). The van der Waals surface area contributed by atoms with Crippen LogP contribution in [-0.4, -0.2) is 21.2 Å². The number of ether oxygens (including phenoxy) is 1. The lowest BCUT2D eigenvalue weighted by Gasteiger charge is -2.21. The SMILES string of the molecule is Cc1c(-c2ccc(Cl)cc2)c2cc(OC(C)(C)C(=O)O)ccc2n1C. The Morgan fingerprint density at radius 1 is 1.16 bits per heavy atom. The normalized spacial score (nSPS) is 11.7. The molecule has 0 aliphatic rings. The van der Waals surface area contributed by atoms with Gasteiger partial charge in [0.15, 0.2) is 5.60 Å². The first-order chi connectivity index (χ1) is 11.7. The van der Waals surface area contributed by atoms with Gasteiger partial charge in [0.25, 0.3) is 0 Å². The number of carboxylic acid groups (broad SMARTS) is 1. The first-order valence-corrected chi connectivity index (χ1v) is 8.36. The molecule has 0 amide bonds. The predicted octanol–water partition coefficient (Wildman–Crippen LogP) is 5.05. The summed E-state index contributed by atoms with van der Waals surface area (Å²) >= 11 is 6.01. The van der Waals surface area contributed by atoms with E-state index in [4.69, 9.17) is 16.3 Å². The number of hydrogen-bond acceptors (Lipinski definition) is 2. The summed E-state index contributed by atoms with van der Waals surface area (Å²) < 4.78 is 7.82. The molecule has 0 unspecified atom stereocenters. The van der Waals surface area contributed by atoms with Crippen molar-refractivity contribution in [2.45, 2.75) is 26.4 Å². The molecule has 4 nitrogen and oxygen atoms in total. The molecule has 1 N–H and O–H groups in total. The molecular formula is C20H20ClNO3. The molecule has 0 fully saturated rings. The van der Waals surface area contributed by atoms with Crippen LogP contribution in [0.5, 0.6) is 5.75 Å². The summed E-state index contributed by atoms with van der Waals surface area (Å²) in [5.41, 5.74) is 3.03. The summed E-state index contributed by atoms with van der Waals surface area (Å²) in [6.45, 7) is 5.14. The smallest absolute Gasteiger partial charge is 0.347 e. The molecular weight excluding hydrogens is 338 g/mol. The number of carbonyl (C=O) groups is 1. The minimum absolute atomic E-state index is 0.528. The average Bonchev–Trinajstić information content (AvgIpc) is 2.79. The molecule has 0 radical (unpaired) electrons. The van der Waals surface area contributed by atoms with Crippen LogP contribution in [0.15, 0.2) is 42.5 Å². The Morgan fingerprint density at radius 3 is 2.40 bits per heavy atom. The summed E-state index contributed by atoms with van der Waals surface area (Å²) in [5.74, 6) is -0.476. The van der Waals surface area contributed by atoms with Crippen molar-refractivity contribution in [1.29, 1.82) is 0 Å². The Balaban J connectivity index is 2.17. The van der Waals surface area contributed by atoms with E-state index in [1.807, 2.05) is 43.4 Å². The van der Waals surface area contributed by atoms with Gasteiger partial charge in [0.2, 0.25) is 0 Å². The van der Waals surface area contributed by atoms with Gasteiger partial charge in [-0.1, -0.05) is 23.7 Å². The number of hydrogen-bond donors (Lipinski definition) is 1. The highest BCUT2D eigenvalue weighted by molar-refractivity contribution is 6.30. The van der Waals surface area contributed by atoms with Gasteiger partial charge in [-0.2, -0.15) is 0 Å². The summed E-state index contributed by atoms with van der Waals surface area (Å²) in [6, 6.07) is 13.4. The van der Waals surface area contributed by atoms with Crippen LogP contribution in [-0.2, 0) is 11.8 Å². The Hall–Kier alpha value is -2.46. The van der Waals surface area contributed by atoms with Crippen molar-refractivity contribution in [3.05, 3.63) is 53.2 Å². The van der Waals surface area contributed by atoms with Crippen molar-refractivity contribution >= 4 is 28.5 Å². The lowest BCUT2D eigenvalue weighted by molar-refractivity contribution is -0.152. The standard InChI is InChI=1S/C20H20ClNO3/c1-12-18(13-5-7-14(21)8-6-13)16-11-15(9-10-17(16)22(12)4)25-20(2,3)19(23)24/h5-11H,1-4H3,(H,23,24). The molecule has 0 aliphatic carbocycles. The van der Waals surface area contributed by atoms with Crippen LogP contribution in [0, 0.1) is 6.92 Å². The number of rotatable bonds is 4. The van der Waals surface area contributed by atoms with Crippen molar-refractivity contribution in [2.75, 3.05) is 0 Å². The summed E-state index contributed by atoms with van der Waals surface area (Å²) in [7, 11) is 2.01. The number of carboxylic acids is 1. The average molecular weight is 358 g/mol. The van der Waals surface area contributed by atoms with Gasteiger partial charge in [0.05, 0.1) is 0 Å². The molecule has 0 bridgehead atoms. The van der Waals surface area contributed by atoms with E-state index in [2.05, 4.69) is 11.5 Å². The number of fused-ring (bicyclic) bond motifs is 1. The highest BCUT2D eigenvalue weighted by atomic mass is 35.5. The second-order valence-corrected chi connectivity index (χ2v) is 7.06. The fraction of sp³-hybridized carbons (Fsp3) is 0.250. The van der Waals surface area contributed by atoms with E-state index in [1.54, 1.807) is 6.07 Å². The molecule has 1 aromatic heterocycles. The zero-order chi connectivity index (χ0) is 18.4. The zero-order valence-corrected chi connectivity index (χ0v) is 15.4. The van der Waals surface area contributed by atoms with Crippen molar-refractivity contribution in [3.8, 4) is 16.9 Å². The minimum atomic E-state index is -1.29. The van der Waals surface area contributed by atoms with Crippen LogP contribution in [0.1, 0.15) is 19.5 Å². The summed E-state index contributed by atoms with van der Waals surface area (Å²) in [4.78, 5) is 11.3. The molecule has 0 spiro atoms. The molecule has 2 aromatic carbocycles. The predicted molar refractivity (Wildman–Crippen MR) is 100 cm³/mol. The van der Waals surface area contributed by atoms with Gasteiger partial charge in [-0.05, 0) is 56.7 Å². The van der Waals surface area contributed by atoms with Crippen LogP contribution >= 0.6 is 11.6 Å². The van der Waals surface area contributed by atoms with Crippen LogP contribution < -0.4 is 4.74 Å². The van der Waals surface area contributed by atoms with Gasteiger partial charge in [-0.15, -0.1) is 0 Å². The largest absolute Gasteiger partial charge is 0.478 e. The number of aliphatic carboxylic acids is 1. The van der Waals surface area contributed by atoms with E-state index < -0.39 is 11.6 Å². The molecule has 5 heteroatoms. The molecule has 0 atom stereocenters. The molecule has 130 valence electrons. The van der Waals surface area contributed by atoms with E-state index >= 15 is 0 Å². The summed E-state index contributed by atoms with van der Waals surface area (Å²) in [5, 5.41) is 11.0. The van der Waals surface area contributed by atoms with Gasteiger partial charge < -0.3 is 14.4 Å². The van der Waals surface area contributed by atoms with E-state index in [9.17, 15) is 9.90 Å². The molecule has 0 saturated carbocycles. The highest BCUT2D eigenvalue weighted by Crippen LogP contribution is 2.37. The third-order valence-electron chi connectivity index (χ3n) is 4.48. The molecule has 3 aromatic rings. The second kappa shape index (κ2) is 6.12. The maximum atomic E-state index is 11.3. The van der Waals surface area contributed by atoms with Crippen LogP contribution in [0.4, 0.5) is 0 Å². The maximum absolute atomic E-state index is 11.3. The fourth-order valence-corrected chi connectivity index (χ4v) is 3.06. The molecule has 1 heterocycles. The third-order valence-corrected chi connectivity index (χ3v) is 4.74. The summed E-state index contributed by atoms with van der Waals surface area (Å²) in [6.07, 6.45) is 0. The number of benzene rings is 2. The van der Waals surface area contributed by atoms with Crippen molar-refractivity contribution in [1.82, 2.24) is 4.57 Å². The van der Waals surface area contributed by atoms with Crippen molar-refractivity contribution in [3.63, 3.8) is 0 Å². The maximum Gasteiger partial charge on any atom is 0.347 e. The molecule has 25 heavy (non-hydrogen) atoms. The monoisotopic (exact) mass is 357 g/mol. The Kier molecular flexibility index (Phi) is 4.25. The van der Waals surface area contributed by atoms with Gasteiger partial charge in [0.1, 0.15) is 5.75 Å². The number of aryl methyl sites for hydroxylation is 1. The van der Waals surface area contributed by atoms with E-state index in [-0.39, 0.29) is 0 Å². The lowest BCUT2D eigenvalue weighted by atomic mass is 10.0. The first-order valence-electron chi connectivity index (χ1n) is 7.98. The lowest BCUT2D eigenvalue weighted by Crippen LogP contribution is -2.37. The Labute approximate surface area is 151 Å². The van der Waals surface area contributed by atoms with Crippen molar-refractivity contribution < 1.29 is 14.6 Å². The first kappa shape index (κ1) is 17.4. The van der Waals surface area contributed by atoms with Crippen LogP contribution in [0.25, 0.3) is 22.0 Å². The highest BCUT2D eigenvalue weighted by Gasteiger charge is 2.29. The number of aromatic nitrogens is 1. The topological polar surface area (TPSA) is 51.5 Å². The number of nitrogens with zero attached hydrogens (tertiary/aromatic N) is 1. The van der Waals surface area contributed by atoms with Gasteiger partial charge >= 0.3 is 5.97 Å².